The number of amides is 2. The lowest BCUT2D eigenvalue weighted by Crippen LogP contribution is -2.25. The minimum atomic E-state index is -0.190. The molecule has 0 aromatic heterocycles. The maximum Gasteiger partial charge on any atom is 0.253 e. The molecule has 1 unspecified atom stereocenters. The van der Waals surface area contributed by atoms with E-state index in [2.05, 4.69) is 16.0 Å². The number of anilines is 1. The van der Waals surface area contributed by atoms with Crippen LogP contribution in [0, 0.1) is 5.92 Å². The van der Waals surface area contributed by atoms with Gasteiger partial charge in [0.2, 0.25) is 5.91 Å². The molecule has 1 atom stereocenters. The van der Waals surface area contributed by atoms with Crippen LogP contribution in [0.5, 0.6) is 0 Å². The van der Waals surface area contributed by atoms with Gasteiger partial charge in [0, 0.05) is 13.0 Å². The van der Waals surface area contributed by atoms with E-state index in [-0.39, 0.29) is 24.2 Å². The predicted molar refractivity (Wildman–Crippen MR) is 110 cm³/mol. The van der Waals surface area contributed by atoms with Crippen LogP contribution >= 0.6 is 12.4 Å². The molecule has 3 rings (SSSR count). The second-order valence-electron chi connectivity index (χ2n) is 6.66. The molecule has 5 nitrogen and oxygen atoms in total. The summed E-state index contributed by atoms with van der Waals surface area (Å²) in [5.74, 6) is 0.343. The Morgan fingerprint density at radius 1 is 1.04 bits per heavy atom. The highest BCUT2D eigenvalue weighted by Gasteiger charge is 2.17. The Morgan fingerprint density at radius 3 is 2.52 bits per heavy atom. The number of rotatable bonds is 7. The van der Waals surface area contributed by atoms with E-state index in [0.29, 0.717) is 30.1 Å². The molecule has 2 aromatic carbocycles. The smallest absolute Gasteiger partial charge is 0.253 e. The van der Waals surface area contributed by atoms with E-state index in [1.807, 2.05) is 36.4 Å². The Kier molecular flexibility index (Phi) is 8.30. The maximum absolute atomic E-state index is 12.5. The SMILES string of the molecule is Cl.O=C(CCC1CCNC1)Nc1ccccc1C(=O)NCc1ccccc1. The molecular formula is C21H26ClN3O2. The summed E-state index contributed by atoms with van der Waals surface area (Å²) >= 11 is 0. The van der Waals surface area contributed by atoms with Crippen molar-refractivity contribution in [2.45, 2.75) is 25.8 Å². The van der Waals surface area contributed by atoms with Crippen LogP contribution in [-0.4, -0.2) is 24.9 Å². The van der Waals surface area contributed by atoms with E-state index < -0.39 is 0 Å². The van der Waals surface area contributed by atoms with Crippen molar-refractivity contribution < 1.29 is 9.59 Å². The fourth-order valence-corrected chi connectivity index (χ4v) is 3.17. The summed E-state index contributed by atoms with van der Waals surface area (Å²) in [6.07, 6.45) is 2.49. The van der Waals surface area contributed by atoms with Crippen molar-refractivity contribution >= 4 is 29.9 Å². The Morgan fingerprint density at radius 2 is 1.78 bits per heavy atom. The maximum atomic E-state index is 12.5. The lowest BCUT2D eigenvalue weighted by Gasteiger charge is -2.12. The van der Waals surface area contributed by atoms with Gasteiger partial charge in [-0.3, -0.25) is 9.59 Å². The van der Waals surface area contributed by atoms with E-state index in [1.54, 1.807) is 18.2 Å². The summed E-state index contributed by atoms with van der Waals surface area (Å²) in [4.78, 5) is 24.8. The fourth-order valence-electron chi connectivity index (χ4n) is 3.17. The first-order chi connectivity index (χ1) is 12.7. The molecule has 2 amide bonds. The highest BCUT2D eigenvalue weighted by molar-refractivity contribution is 6.03. The van der Waals surface area contributed by atoms with Crippen LogP contribution in [0.15, 0.2) is 54.6 Å². The zero-order valence-corrected chi connectivity index (χ0v) is 16.1. The third kappa shape index (κ3) is 6.38. The minimum Gasteiger partial charge on any atom is -0.348 e. The largest absolute Gasteiger partial charge is 0.348 e. The average Bonchev–Trinajstić information content (AvgIpc) is 3.19. The molecule has 3 N–H and O–H groups in total. The predicted octanol–water partition coefficient (Wildman–Crippen LogP) is 3.37. The van der Waals surface area contributed by atoms with Crippen molar-refractivity contribution in [2.75, 3.05) is 18.4 Å². The summed E-state index contributed by atoms with van der Waals surface area (Å²) in [6, 6.07) is 16.9. The van der Waals surface area contributed by atoms with E-state index in [1.165, 1.54) is 0 Å². The molecule has 0 saturated carbocycles. The molecule has 144 valence electrons. The molecule has 0 radical (unpaired) electrons. The molecule has 0 spiro atoms. The number of hydrogen-bond donors (Lipinski definition) is 3. The highest BCUT2D eigenvalue weighted by atomic mass is 35.5. The molecule has 1 heterocycles. The van der Waals surface area contributed by atoms with Crippen molar-refractivity contribution in [1.82, 2.24) is 10.6 Å². The first-order valence-corrected chi connectivity index (χ1v) is 9.14. The van der Waals surface area contributed by atoms with Crippen LogP contribution in [0.3, 0.4) is 0 Å². The zero-order valence-electron chi connectivity index (χ0n) is 15.2. The molecule has 1 saturated heterocycles. The zero-order chi connectivity index (χ0) is 18.2. The van der Waals surface area contributed by atoms with Gasteiger partial charge in [-0.25, -0.2) is 0 Å². The Bertz CT molecular complexity index is 746. The number of carbonyl (C=O) groups is 2. The third-order valence-corrected chi connectivity index (χ3v) is 4.68. The second kappa shape index (κ2) is 10.7. The van der Waals surface area contributed by atoms with Crippen molar-refractivity contribution in [2.24, 2.45) is 5.92 Å². The number of hydrogen-bond acceptors (Lipinski definition) is 3. The van der Waals surface area contributed by atoms with Crippen LogP contribution in [-0.2, 0) is 11.3 Å². The van der Waals surface area contributed by atoms with Gasteiger partial charge in [0.05, 0.1) is 11.3 Å². The standard InChI is InChI=1S/C21H25N3O2.ClH/c25-20(11-10-17-12-13-22-14-17)24-19-9-5-4-8-18(19)21(26)23-15-16-6-2-1-3-7-16;/h1-9,17,22H,10-15H2,(H,23,26)(H,24,25);1H. The molecule has 6 heteroatoms. The summed E-state index contributed by atoms with van der Waals surface area (Å²) in [6.45, 7) is 2.49. The van der Waals surface area contributed by atoms with Gasteiger partial charge in [-0.1, -0.05) is 42.5 Å². The Balaban J connectivity index is 0.00000261. The first-order valence-electron chi connectivity index (χ1n) is 9.14. The first kappa shape index (κ1) is 20.9. The normalized spacial score (nSPS) is 15.6. The van der Waals surface area contributed by atoms with Gasteiger partial charge in [-0.05, 0) is 49.5 Å². The van der Waals surface area contributed by atoms with Crippen molar-refractivity contribution in [3.8, 4) is 0 Å². The number of para-hydroxylation sites is 1. The van der Waals surface area contributed by atoms with E-state index in [4.69, 9.17) is 0 Å². The topological polar surface area (TPSA) is 70.2 Å². The third-order valence-electron chi connectivity index (χ3n) is 4.68. The molecule has 0 bridgehead atoms. The van der Waals surface area contributed by atoms with Crippen molar-refractivity contribution in [3.63, 3.8) is 0 Å². The lowest BCUT2D eigenvalue weighted by molar-refractivity contribution is -0.116. The summed E-state index contributed by atoms with van der Waals surface area (Å²) in [7, 11) is 0. The summed E-state index contributed by atoms with van der Waals surface area (Å²) in [5.41, 5.74) is 2.08. The Hall–Kier alpha value is -2.37. The van der Waals surface area contributed by atoms with Gasteiger partial charge >= 0.3 is 0 Å². The molecule has 1 aliphatic rings. The fraction of sp³-hybridized carbons (Fsp3) is 0.333. The second-order valence-corrected chi connectivity index (χ2v) is 6.66. The van der Waals surface area contributed by atoms with E-state index in [0.717, 1.165) is 31.5 Å². The number of benzene rings is 2. The van der Waals surface area contributed by atoms with E-state index >= 15 is 0 Å². The minimum absolute atomic E-state index is 0. The number of carbonyl (C=O) groups excluding carboxylic acids is 2. The van der Waals surface area contributed by atoms with Gasteiger partial charge in [-0.15, -0.1) is 12.4 Å². The molecule has 1 fully saturated rings. The Labute approximate surface area is 166 Å². The molecular weight excluding hydrogens is 362 g/mol. The van der Waals surface area contributed by atoms with Crippen LogP contribution < -0.4 is 16.0 Å². The van der Waals surface area contributed by atoms with Gasteiger partial charge < -0.3 is 16.0 Å². The van der Waals surface area contributed by atoms with Gasteiger partial charge in [0.25, 0.3) is 5.91 Å². The van der Waals surface area contributed by atoms with Gasteiger partial charge in [0.15, 0.2) is 0 Å². The lowest BCUT2D eigenvalue weighted by atomic mass is 10.0. The van der Waals surface area contributed by atoms with Crippen molar-refractivity contribution in [3.05, 3.63) is 65.7 Å². The van der Waals surface area contributed by atoms with Gasteiger partial charge in [0.1, 0.15) is 0 Å². The van der Waals surface area contributed by atoms with Crippen LogP contribution in [0.2, 0.25) is 0 Å². The van der Waals surface area contributed by atoms with Crippen LogP contribution in [0.25, 0.3) is 0 Å². The number of nitrogens with one attached hydrogen (secondary N) is 3. The van der Waals surface area contributed by atoms with Crippen LogP contribution in [0.4, 0.5) is 5.69 Å². The quantitative estimate of drug-likeness (QED) is 0.682. The molecule has 1 aliphatic heterocycles. The van der Waals surface area contributed by atoms with E-state index in [9.17, 15) is 9.59 Å². The van der Waals surface area contributed by atoms with Crippen molar-refractivity contribution in [1.29, 1.82) is 0 Å². The number of halogens is 1. The van der Waals surface area contributed by atoms with Crippen LogP contribution in [0.1, 0.15) is 35.2 Å². The molecule has 0 aliphatic carbocycles. The molecule has 27 heavy (non-hydrogen) atoms. The van der Waals surface area contributed by atoms with Gasteiger partial charge in [-0.2, -0.15) is 0 Å². The molecule has 2 aromatic rings. The summed E-state index contributed by atoms with van der Waals surface area (Å²) in [5, 5.41) is 9.11. The monoisotopic (exact) mass is 387 g/mol. The average molecular weight is 388 g/mol. The summed E-state index contributed by atoms with van der Waals surface area (Å²) < 4.78 is 0. The highest BCUT2D eigenvalue weighted by Crippen LogP contribution is 2.18.